The molecule has 0 saturated carbocycles. The van der Waals surface area contributed by atoms with Gasteiger partial charge in [-0.3, -0.25) is 4.57 Å². The number of imidazole rings is 1. The Kier molecular flexibility index (Phi) is 3.35. The number of nitrogens with zero attached hydrogens (tertiary/aromatic N) is 2. The van der Waals surface area contributed by atoms with Gasteiger partial charge in [0.1, 0.15) is 0 Å². The third-order valence-electron chi connectivity index (χ3n) is 3.25. The van der Waals surface area contributed by atoms with Gasteiger partial charge in [-0.2, -0.15) is 0 Å². The number of sulfone groups is 1. The van der Waals surface area contributed by atoms with Crippen molar-refractivity contribution < 1.29 is 8.42 Å². The Morgan fingerprint density at radius 2 is 1.62 bits per heavy atom. The van der Waals surface area contributed by atoms with Crippen LogP contribution in [0.2, 0.25) is 0 Å². The fraction of sp³-hybridized carbons (Fsp3) is 0.0625. The molecule has 0 aliphatic rings. The van der Waals surface area contributed by atoms with Crippen molar-refractivity contribution in [3.63, 3.8) is 0 Å². The molecule has 0 atom stereocenters. The summed E-state index contributed by atoms with van der Waals surface area (Å²) in [5, 5.41) is 0. The van der Waals surface area contributed by atoms with Gasteiger partial charge in [0.25, 0.3) is 0 Å². The third-order valence-corrected chi connectivity index (χ3v) is 4.38. The first kappa shape index (κ1) is 13.6. The normalized spacial score (nSPS) is 11.5. The lowest BCUT2D eigenvalue weighted by Gasteiger charge is -2.09. The summed E-state index contributed by atoms with van der Waals surface area (Å²) >= 11 is 0. The maximum atomic E-state index is 11.5. The van der Waals surface area contributed by atoms with Crippen molar-refractivity contribution in [1.82, 2.24) is 9.55 Å². The van der Waals surface area contributed by atoms with Crippen molar-refractivity contribution in [2.45, 2.75) is 4.90 Å². The van der Waals surface area contributed by atoms with Gasteiger partial charge < -0.3 is 0 Å². The van der Waals surface area contributed by atoms with E-state index in [2.05, 4.69) is 4.98 Å². The molecule has 0 aliphatic carbocycles. The van der Waals surface area contributed by atoms with Gasteiger partial charge in [-0.25, -0.2) is 13.4 Å². The van der Waals surface area contributed by atoms with Crippen LogP contribution in [-0.4, -0.2) is 24.2 Å². The van der Waals surface area contributed by atoms with E-state index in [9.17, 15) is 8.42 Å². The second-order valence-corrected chi connectivity index (χ2v) is 6.80. The molecule has 0 unspecified atom stereocenters. The van der Waals surface area contributed by atoms with E-state index in [1.807, 2.05) is 34.9 Å². The highest BCUT2D eigenvalue weighted by molar-refractivity contribution is 7.90. The van der Waals surface area contributed by atoms with E-state index in [0.717, 1.165) is 16.9 Å². The summed E-state index contributed by atoms with van der Waals surface area (Å²) in [6, 6.07) is 16.7. The van der Waals surface area contributed by atoms with Crippen molar-refractivity contribution in [3.05, 3.63) is 67.1 Å². The zero-order valence-corrected chi connectivity index (χ0v) is 12.3. The second kappa shape index (κ2) is 5.18. The highest BCUT2D eigenvalue weighted by Crippen LogP contribution is 2.23. The molecular weight excluding hydrogens is 284 g/mol. The Balaban J connectivity index is 2.05. The molecule has 0 spiro atoms. The second-order valence-electron chi connectivity index (χ2n) is 4.78. The highest BCUT2D eigenvalue weighted by Gasteiger charge is 2.09. The number of aromatic nitrogens is 2. The molecule has 0 bridgehead atoms. The van der Waals surface area contributed by atoms with Crippen LogP contribution < -0.4 is 0 Å². The molecular formula is C16H14N2O2S. The van der Waals surface area contributed by atoms with Crippen LogP contribution in [0.4, 0.5) is 0 Å². The first-order chi connectivity index (χ1) is 10.1. The summed E-state index contributed by atoms with van der Waals surface area (Å²) in [5.41, 5.74) is 2.89. The van der Waals surface area contributed by atoms with Crippen LogP contribution in [0.25, 0.3) is 16.9 Å². The fourth-order valence-corrected chi connectivity index (χ4v) is 2.81. The average molecular weight is 298 g/mol. The number of benzene rings is 2. The molecule has 0 radical (unpaired) electrons. The summed E-state index contributed by atoms with van der Waals surface area (Å²) in [6.07, 6.45) is 4.71. The quantitative estimate of drug-likeness (QED) is 0.747. The van der Waals surface area contributed by atoms with Crippen LogP contribution >= 0.6 is 0 Å². The Bertz CT molecular complexity index is 851. The molecule has 0 N–H and O–H groups in total. The van der Waals surface area contributed by atoms with Crippen molar-refractivity contribution in [1.29, 1.82) is 0 Å². The van der Waals surface area contributed by atoms with Crippen molar-refractivity contribution in [3.8, 4) is 16.9 Å². The maximum absolute atomic E-state index is 11.5. The standard InChI is InChI=1S/C16H14N2O2S/c1-21(19,20)15-9-7-14(8-10-15)18-12-17-11-16(18)13-5-3-2-4-6-13/h2-12H,1H3. The maximum Gasteiger partial charge on any atom is 0.175 e. The number of hydrogen-bond acceptors (Lipinski definition) is 3. The molecule has 106 valence electrons. The van der Waals surface area contributed by atoms with E-state index in [1.165, 1.54) is 6.26 Å². The van der Waals surface area contributed by atoms with E-state index in [-0.39, 0.29) is 0 Å². The molecule has 3 rings (SSSR count). The SMILES string of the molecule is CS(=O)(=O)c1ccc(-n2cncc2-c2ccccc2)cc1. The van der Waals surface area contributed by atoms with Gasteiger partial charge in [-0.1, -0.05) is 30.3 Å². The van der Waals surface area contributed by atoms with Crippen LogP contribution in [0, 0.1) is 0 Å². The topological polar surface area (TPSA) is 52.0 Å². The lowest BCUT2D eigenvalue weighted by molar-refractivity contribution is 0.602. The lowest BCUT2D eigenvalue weighted by Crippen LogP contribution is -1.99. The molecule has 1 aromatic heterocycles. The van der Waals surface area contributed by atoms with Crippen LogP contribution in [0.15, 0.2) is 72.0 Å². The zero-order chi connectivity index (χ0) is 14.9. The Morgan fingerprint density at radius 3 is 2.24 bits per heavy atom. The molecule has 0 fully saturated rings. The van der Waals surface area contributed by atoms with Gasteiger partial charge in [-0.15, -0.1) is 0 Å². The first-order valence-electron chi connectivity index (χ1n) is 6.44. The smallest absolute Gasteiger partial charge is 0.175 e. The van der Waals surface area contributed by atoms with E-state index in [0.29, 0.717) is 4.90 Å². The molecule has 2 aromatic carbocycles. The largest absolute Gasteiger partial charge is 0.299 e. The van der Waals surface area contributed by atoms with E-state index < -0.39 is 9.84 Å². The summed E-state index contributed by atoms with van der Waals surface area (Å²) in [7, 11) is -3.18. The minimum Gasteiger partial charge on any atom is -0.299 e. The third kappa shape index (κ3) is 2.73. The number of hydrogen-bond donors (Lipinski definition) is 0. The van der Waals surface area contributed by atoms with Gasteiger partial charge in [0.15, 0.2) is 9.84 Å². The van der Waals surface area contributed by atoms with Gasteiger partial charge >= 0.3 is 0 Å². The van der Waals surface area contributed by atoms with Gasteiger partial charge in [0.05, 0.1) is 23.1 Å². The van der Waals surface area contributed by atoms with Crippen LogP contribution in [0.1, 0.15) is 0 Å². The number of rotatable bonds is 3. The molecule has 4 nitrogen and oxygen atoms in total. The minimum absolute atomic E-state index is 0.313. The Morgan fingerprint density at radius 1 is 0.952 bits per heavy atom. The molecule has 21 heavy (non-hydrogen) atoms. The Hall–Kier alpha value is -2.40. The molecule has 5 heteroatoms. The Labute approximate surface area is 123 Å². The fourth-order valence-electron chi connectivity index (χ4n) is 2.18. The monoisotopic (exact) mass is 298 g/mol. The summed E-state index contributed by atoms with van der Waals surface area (Å²) in [5.74, 6) is 0. The molecule has 0 aliphatic heterocycles. The first-order valence-corrected chi connectivity index (χ1v) is 8.33. The van der Waals surface area contributed by atoms with Gasteiger partial charge in [-0.05, 0) is 24.3 Å². The van der Waals surface area contributed by atoms with Crippen molar-refractivity contribution in [2.75, 3.05) is 6.26 Å². The summed E-state index contributed by atoms with van der Waals surface area (Å²) in [6.45, 7) is 0. The minimum atomic E-state index is -3.18. The van der Waals surface area contributed by atoms with Gasteiger partial charge in [0, 0.05) is 17.5 Å². The predicted molar refractivity (Wildman–Crippen MR) is 82.1 cm³/mol. The van der Waals surface area contributed by atoms with Crippen molar-refractivity contribution in [2.24, 2.45) is 0 Å². The van der Waals surface area contributed by atoms with E-state index in [4.69, 9.17) is 0 Å². The molecule has 0 saturated heterocycles. The van der Waals surface area contributed by atoms with Gasteiger partial charge in [0.2, 0.25) is 0 Å². The van der Waals surface area contributed by atoms with Crippen LogP contribution in [-0.2, 0) is 9.84 Å². The van der Waals surface area contributed by atoms with E-state index >= 15 is 0 Å². The van der Waals surface area contributed by atoms with Crippen LogP contribution in [0.5, 0.6) is 0 Å². The predicted octanol–water partition coefficient (Wildman–Crippen LogP) is 2.94. The molecule has 0 amide bonds. The highest BCUT2D eigenvalue weighted by atomic mass is 32.2. The molecule has 3 aromatic rings. The summed E-state index contributed by atoms with van der Waals surface area (Å²) < 4.78 is 24.9. The van der Waals surface area contributed by atoms with Crippen LogP contribution in [0.3, 0.4) is 0 Å². The summed E-state index contributed by atoms with van der Waals surface area (Å²) in [4.78, 5) is 4.50. The van der Waals surface area contributed by atoms with Crippen molar-refractivity contribution >= 4 is 9.84 Å². The zero-order valence-electron chi connectivity index (χ0n) is 11.5. The average Bonchev–Trinajstić information content (AvgIpc) is 2.97. The molecule has 1 heterocycles. The lowest BCUT2D eigenvalue weighted by atomic mass is 10.1. The van der Waals surface area contributed by atoms with E-state index in [1.54, 1.807) is 36.8 Å².